The van der Waals surface area contributed by atoms with E-state index in [0.29, 0.717) is 38.3 Å². The van der Waals surface area contributed by atoms with Crippen molar-refractivity contribution in [2.24, 2.45) is 11.8 Å². The number of hydrogen-bond acceptors (Lipinski definition) is 4. The maximum atomic E-state index is 12.3. The fourth-order valence-corrected chi connectivity index (χ4v) is 5.02. The monoisotopic (exact) mass is 381 g/mol. The third-order valence-corrected chi connectivity index (χ3v) is 6.89. The van der Waals surface area contributed by atoms with Gasteiger partial charge in [0.25, 0.3) is 0 Å². The second-order valence-corrected chi connectivity index (χ2v) is 8.89. The molecule has 2 aliphatic heterocycles. The zero-order valence-corrected chi connectivity index (χ0v) is 16.3. The van der Waals surface area contributed by atoms with Crippen LogP contribution in [-0.4, -0.2) is 57.1 Å². The van der Waals surface area contributed by atoms with Gasteiger partial charge < -0.3 is 10.6 Å². The van der Waals surface area contributed by atoms with Gasteiger partial charge in [0.1, 0.15) is 0 Å². The molecule has 142 valence electrons. The summed E-state index contributed by atoms with van der Waals surface area (Å²) in [6.07, 6.45) is 5.21. The van der Waals surface area contributed by atoms with Crippen LogP contribution in [0.5, 0.6) is 0 Å². The van der Waals surface area contributed by atoms with E-state index < -0.39 is 10.0 Å². The highest BCUT2D eigenvalue weighted by Gasteiger charge is 2.30. The molecule has 1 atom stereocenters. The van der Waals surface area contributed by atoms with Crippen LogP contribution in [0.4, 0.5) is 0 Å². The summed E-state index contributed by atoms with van der Waals surface area (Å²) in [4.78, 5) is 12.3. The molecule has 24 heavy (non-hydrogen) atoms. The summed E-state index contributed by atoms with van der Waals surface area (Å²) in [6, 6.07) is 0. The molecule has 8 heteroatoms. The van der Waals surface area contributed by atoms with Crippen molar-refractivity contribution in [2.75, 3.05) is 38.5 Å². The van der Waals surface area contributed by atoms with Crippen molar-refractivity contribution in [1.82, 2.24) is 14.9 Å². The average Bonchev–Trinajstić information content (AvgIpc) is 2.59. The number of amides is 1. The van der Waals surface area contributed by atoms with E-state index in [1.54, 1.807) is 4.31 Å². The Bertz CT molecular complexity index is 473. The van der Waals surface area contributed by atoms with Crippen LogP contribution >= 0.6 is 12.4 Å². The van der Waals surface area contributed by atoms with Crippen LogP contribution in [0.2, 0.25) is 0 Å². The molecule has 2 heterocycles. The van der Waals surface area contributed by atoms with Crippen LogP contribution in [0.15, 0.2) is 0 Å². The number of nitrogens with zero attached hydrogens (tertiary/aromatic N) is 1. The lowest BCUT2D eigenvalue weighted by atomic mass is 9.96. The summed E-state index contributed by atoms with van der Waals surface area (Å²) in [5, 5.41) is 6.42. The number of hydrogen-bond donors (Lipinski definition) is 2. The van der Waals surface area contributed by atoms with Crippen LogP contribution in [0.3, 0.4) is 0 Å². The average molecular weight is 382 g/mol. The van der Waals surface area contributed by atoms with Crippen molar-refractivity contribution >= 4 is 28.3 Å². The van der Waals surface area contributed by atoms with Crippen molar-refractivity contribution in [3.05, 3.63) is 0 Å². The van der Waals surface area contributed by atoms with Crippen LogP contribution in [0.25, 0.3) is 0 Å². The maximum absolute atomic E-state index is 12.3. The Morgan fingerprint density at radius 1 is 1.25 bits per heavy atom. The molecule has 2 fully saturated rings. The van der Waals surface area contributed by atoms with Crippen LogP contribution in [0.1, 0.15) is 45.4 Å². The van der Waals surface area contributed by atoms with Crippen molar-refractivity contribution in [3.8, 4) is 0 Å². The van der Waals surface area contributed by atoms with Gasteiger partial charge >= 0.3 is 0 Å². The first-order valence-corrected chi connectivity index (χ1v) is 10.6. The van der Waals surface area contributed by atoms with Crippen molar-refractivity contribution in [3.63, 3.8) is 0 Å². The molecule has 0 aromatic rings. The Morgan fingerprint density at radius 2 is 1.96 bits per heavy atom. The minimum absolute atomic E-state index is 0. The molecule has 0 saturated carbocycles. The lowest BCUT2D eigenvalue weighted by Crippen LogP contribution is -2.45. The standard InChI is InChI=1S/C16H31N3O3S.ClH/c1-2-3-11-23(21,22)19-9-6-15(7-10-19)16(20)18-13-14-5-4-8-17-12-14;/h14-15,17H,2-13H2,1H3,(H,18,20);1H. The predicted octanol–water partition coefficient (Wildman–Crippen LogP) is 1.37. The second-order valence-electron chi connectivity index (χ2n) is 6.80. The molecule has 0 spiro atoms. The molecule has 1 amide bonds. The highest BCUT2D eigenvalue weighted by Crippen LogP contribution is 2.21. The van der Waals surface area contributed by atoms with Gasteiger partial charge in [0.15, 0.2) is 0 Å². The summed E-state index contributed by atoms with van der Waals surface area (Å²) in [5.41, 5.74) is 0. The molecule has 0 aromatic carbocycles. The van der Waals surface area contributed by atoms with Gasteiger partial charge in [-0.05, 0) is 51.1 Å². The lowest BCUT2D eigenvalue weighted by Gasteiger charge is -2.31. The van der Waals surface area contributed by atoms with Gasteiger partial charge in [0, 0.05) is 25.6 Å². The maximum Gasteiger partial charge on any atom is 0.223 e. The van der Waals surface area contributed by atoms with Crippen LogP contribution < -0.4 is 10.6 Å². The minimum Gasteiger partial charge on any atom is -0.356 e. The van der Waals surface area contributed by atoms with Crippen molar-refractivity contribution in [2.45, 2.75) is 45.4 Å². The number of rotatable bonds is 7. The van der Waals surface area contributed by atoms with Gasteiger partial charge in [-0.25, -0.2) is 12.7 Å². The van der Waals surface area contributed by atoms with E-state index in [-0.39, 0.29) is 30.0 Å². The van der Waals surface area contributed by atoms with E-state index in [9.17, 15) is 13.2 Å². The van der Waals surface area contributed by atoms with E-state index in [2.05, 4.69) is 10.6 Å². The fourth-order valence-electron chi connectivity index (χ4n) is 3.34. The number of sulfonamides is 1. The van der Waals surface area contributed by atoms with Gasteiger partial charge in [-0.3, -0.25) is 4.79 Å². The van der Waals surface area contributed by atoms with Gasteiger partial charge in [0.05, 0.1) is 5.75 Å². The van der Waals surface area contributed by atoms with Gasteiger partial charge in [-0.15, -0.1) is 12.4 Å². The Morgan fingerprint density at radius 3 is 2.54 bits per heavy atom. The molecule has 0 radical (unpaired) electrons. The molecule has 6 nitrogen and oxygen atoms in total. The number of piperidine rings is 2. The van der Waals surface area contributed by atoms with E-state index in [1.807, 2.05) is 6.92 Å². The third kappa shape index (κ3) is 6.50. The summed E-state index contributed by atoms with van der Waals surface area (Å²) < 4.78 is 25.9. The van der Waals surface area contributed by atoms with Crippen molar-refractivity contribution in [1.29, 1.82) is 0 Å². The largest absolute Gasteiger partial charge is 0.356 e. The van der Waals surface area contributed by atoms with E-state index in [0.717, 1.165) is 26.1 Å². The van der Waals surface area contributed by atoms with E-state index in [1.165, 1.54) is 12.8 Å². The molecule has 2 aliphatic rings. The van der Waals surface area contributed by atoms with Gasteiger partial charge in [0.2, 0.25) is 15.9 Å². The van der Waals surface area contributed by atoms with E-state index >= 15 is 0 Å². The third-order valence-electron chi connectivity index (χ3n) is 4.94. The fraction of sp³-hybridized carbons (Fsp3) is 0.938. The lowest BCUT2D eigenvalue weighted by molar-refractivity contribution is -0.126. The zero-order chi connectivity index (χ0) is 16.7. The first-order chi connectivity index (χ1) is 11.0. The summed E-state index contributed by atoms with van der Waals surface area (Å²) in [6.45, 7) is 5.75. The van der Waals surface area contributed by atoms with Gasteiger partial charge in [-0.2, -0.15) is 0 Å². The molecule has 0 aliphatic carbocycles. The molecule has 0 aromatic heterocycles. The summed E-state index contributed by atoms with van der Waals surface area (Å²) >= 11 is 0. The first kappa shape index (κ1) is 21.7. The van der Waals surface area contributed by atoms with Crippen LogP contribution in [-0.2, 0) is 14.8 Å². The predicted molar refractivity (Wildman–Crippen MR) is 98.8 cm³/mol. The van der Waals surface area contributed by atoms with Crippen molar-refractivity contribution < 1.29 is 13.2 Å². The molecular weight excluding hydrogens is 350 g/mol. The SMILES string of the molecule is CCCCS(=O)(=O)N1CCC(C(=O)NCC2CCCNC2)CC1.Cl. The molecule has 2 saturated heterocycles. The Labute approximate surface area is 152 Å². The first-order valence-electron chi connectivity index (χ1n) is 8.99. The Hall–Kier alpha value is -0.370. The molecule has 0 bridgehead atoms. The minimum atomic E-state index is -3.13. The number of nitrogens with one attached hydrogen (secondary N) is 2. The summed E-state index contributed by atoms with van der Waals surface area (Å²) in [5.74, 6) is 0.822. The smallest absolute Gasteiger partial charge is 0.223 e. The Balaban J connectivity index is 0.00000288. The number of halogens is 1. The zero-order valence-electron chi connectivity index (χ0n) is 14.6. The Kier molecular flexibility index (Phi) is 9.56. The second kappa shape index (κ2) is 10.6. The molecule has 2 N–H and O–H groups in total. The van der Waals surface area contributed by atoms with E-state index in [4.69, 9.17) is 0 Å². The highest BCUT2D eigenvalue weighted by molar-refractivity contribution is 7.89. The quantitative estimate of drug-likeness (QED) is 0.698. The molecule has 2 rings (SSSR count). The highest BCUT2D eigenvalue weighted by atomic mass is 35.5. The number of unbranched alkanes of at least 4 members (excludes halogenated alkanes) is 1. The molecular formula is C16H32ClN3O3S. The molecule has 1 unspecified atom stereocenters. The number of carbonyl (C=O) groups is 1. The normalized spacial score (nSPS) is 23.5. The topological polar surface area (TPSA) is 78.5 Å². The number of carbonyl (C=O) groups excluding carboxylic acids is 1. The summed E-state index contributed by atoms with van der Waals surface area (Å²) in [7, 11) is -3.13. The van der Waals surface area contributed by atoms with Crippen LogP contribution in [0, 0.1) is 11.8 Å². The van der Waals surface area contributed by atoms with Gasteiger partial charge in [-0.1, -0.05) is 13.3 Å².